The molecule has 0 radical (unpaired) electrons. The van der Waals surface area contributed by atoms with E-state index in [4.69, 9.17) is 0 Å². The zero-order valence-corrected chi connectivity index (χ0v) is 73.3. The van der Waals surface area contributed by atoms with Gasteiger partial charge in [0.2, 0.25) is 0 Å². The van der Waals surface area contributed by atoms with Crippen molar-refractivity contribution in [1.29, 1.82) is 0 Å². The van der Waals surface area contributed by atoms with Crippen molar-refractivity contribution in [2.24, 2.45) is 0 Å². The zero-order valence-electron chi connectivity index (χ0n) is 70.7. The molecular formula is C101H176S2Si. The zero-order chi connectivity index (χ0) is 73.4. The molecule has 0 amide bonds. The van der Waals surface area contributed by atoms with E-state index in [1.165, 1.54) is 502 Å². The molecule has 4 aromatic rings. The maximum absolute atomic E-state index is 2.82. The van der Waals surface area contributed by atoms with Crippen LogP contribution in [0.2, 0.25) is 12.1 Å². The average Bonchev–Trinajstić information content (AvgIpc) is 1.56. The SMILES string of the molecule is CCCCCCCCCCCCCCCCCCCCc1csc(-c2ccc3c(c2)[Si](CCCCCCCCCCCCCCCCCCCC)(CCCCCCCCCCCCCCCCCCCC)c2cc(-c4cc(C(C)CCCCCCCCCCCCCCCCCCC)cs4)ccc2-3)c1. The minimum Gasteiger partial charge on any atom is -0.144 e. The minimum absolute atomic E-state index is 0.636. The van der Waals surface area contributed by atoms with Crippen LogP contribution in [0.5, 0.6) is 0 Å². The monoisotopic (exact) mass is 1480 g/mol. The first-order valence-electron chi connectivity index (χ1n) is 48.0. The summed E-state index contributed by atoms with van der Waals surface area (Å²) in [6.07, 6.45) is 105. The van der Waals surface area contributed by atoms with E-state index in [1.54, 1.807) is 22.3 Å². The van der Waals surface area contributed by atoms with Crippen molar-refractivity contribution in [2.75, 3.05) is 0 Å². The van der Waals surface area contributed by atoms with Crippen LogP contribution in [0.15, 0.2) is 59.3 Å². The first kappa shape index (κ1) is 92.7. The number of rotatable bonds is 78. The van der Waals surface area contributed by atoms with Crippen LogP contribution >= 0.6 is 22.7 Å². The molecule has 2 aromatic carbocycles. The lowest BCUT2D eigenvalue weighted by Crippen LogP contribution is -2.55. The van der Waals surface area contributed by atoms with Gasteiger partial charge in [-0.2, -0.15) is 0 Å². The normalized spacial score (nSPS) is 12.9. The van der Waals surface area contributed by atoms with Crippen LogP contribution in [0.1, 0.15) is 514 Å². The molecule has 1 aliphatic heterocycles. The summed E-state index contributed by atoms with van der Waals surface area (Å²) in [5.41, 5.74) is 9.41. The van der Waals surface area contributed by atoms with Gasteiger partial charge in [0.25, 0.3) is 0 Å². The summed E-state index contributed by atoms with van der Waals surface area (Å²) >= 11 is 4.08. The number of benzene rings is 2. The molecule has 0 aliphatic carbocycles. The highest BCUT2D eigenvalue weighted by Crippen LogP contribution is 2.42. The Bertz CT molecular complexity index is 2470. The Morgan fingerprint density at radius 3 is 0.779 bits per heavy atom. The van der Waals surface area contributed by atoms with Gasteiger partial charge in [0.15, 0.2) is 0 Å². The third kappa shape index (κ3) is 43.0. The second kappa shape index (κ2) is 65.7. The van der Waals surface area contributed by atoms with Crippen LogP contribution in [-0.4, -0.2) is 8.07 Å². The van der Waals surface area contributed by atoms with Gasteiger partial charge in [-0.25, -0.2) is 0 Å². The van der Waals surface area contributed by atoms with Crippen molar-refractivity contribution >= 4 is 41.1 Å². The lowest BCUT2D eigenvalue weighted by molar-refractivity contribution is 0.520. The largest absolute Gasteiger partial charge is 0.144 e. The van der Waals surface area contributed by atoms with Crippen LogP contribution in [0, 0.1) is 0 Å². The van der Waals surface area contributed by atoms with Crippen LogP contribution < -0.4 is 10.4 Å². The molecule has 3 heteroatoms. The summed E-state index contributed by atoms with van der Waals surface area (Å²) in [4.78, 5) is 3.03. The van der Waals surface area contributed by atoms with Crippen molar-refractivity contribution < 1.29 is 0 Å². The number of aryl methyl sites for hydroxylation is 1. The second-order valence-electron chi connectivity index (χ2n) is 34.8. The van der Waals surface area contributed by atoms with Crippen LogP contribution in [-0.2, 0) is 6.42 Å². The van der Waals surface area contributed by atoms with Gasteiger partial charge < -0.3 is 0 Å². The molecule has 5 rings (SSSR count). The fraction of sp³-hybridized carbons (Fsp3) is 0.802. The van der Waals surface area contributed by atoms with E-state index in [0.717, 1.165) is 0 Å². The smallest absolute Gasteiger partial charge is 0.119 e. The Kier molecular flexibility index (Phi) is 58.6. The molecule has 1 aliphatic rings. The van der Waals surface area contributed by atoms with Crippen LogP contribution in [0.3, 0.4) is 0 Å². The van der Waals surface area contributed by atoms with E-state index >= 15 is 0 Å². The first-order valence-corrected chi connectivity index (χ1v) is 52.2. The number of hydrogen-bond donors (Lipinski definition) is 0. The maximum atomic E-state index is 2.82. The van der Waals surface area contributed by atoms with Crippen molar-refractivity contribution in [3.63, 3.8) is 0 Å². The van der Waals surface area contributed by atoms with Crippen LogP contribution in [0.4, 0.5) is 0 Å². The van der Waals surface area contributed by atoms with Gasteiger partial charge in [-0.1, -0.05) is 520 Å². The molecule has 596 valence electrons. The molecule has 1 unspecified atom stereocenters. The molecule has 0 saturated carbocycles. The van der Waals surface area contributed by atoms with Crippen LogP contribution in [0.25, 0.3) is 32.0 Å². The summed E-state index contributed by atoms with van der Waals surface area (Å²) in [6, 6.07) is 24.1. The molecule has 0 bridgehead atoms. The fourth-order valence-electron chi connectivity index (χ4n) is 18.1. The predicted molar refractivity (Wildman–Crippen MR) is 480 cm³/mol. The molecule has 0 N–H and O–H groups in total. The highest BCUT2D eigenvalue weighted by molar-refractivity contribution is 7.14. The van der Waals surface area contributed by atoms with E-state index in [9.17, 15) is 0 Å². The van der Waals surface area contributed by atoms with Gasteiger partial charge >= 0.3 is 0 Å². The fourth-order valence-corrected chi connectivity index (χ4v) is 25.7. The Morgan fingerprint density at radius 2 is 0.490 bits per heavy atom. The molecule has 0 saturated heterocycles. The number of thiophene rings is 2. The molecular weight excluding hydrogens is 1310 g/mol. The summed E-state index contributed by atoms with van der Waals surface area (Å²) in [6.45, 7) is 11.9. The third-order valence-corrected chi connectivity index (χ3v) is 32.6. The van der Waals surface area contributed by atoms with Gasteiger partial charge in [-0.3, -0.25) is 0 Å². The van der Waals surface area contributed by atoms with Gasteiger partial charge in [-0.15, -0.1) is 22.7 Å². The van der Waals surface area contributed by atoms with Gasteiger partial charge in [0, 0.05) is 9.75 Å². The van der Waals surface area contributed by atoms with Gasteiger partial charge in [0.1, 0.15) is 8.07 Å². The van der Waals surface area contributed by atoms with E-state index in [-0.39, 0.29) is 0 Å². The molecule has 3 heterocycles. The lowest BCUT2D eigenvalue weighted by Gasteiger charge is -2.31. The number of hydrogen-bond acceptors (Lipinski definition) is 2. The summed E-state index contributed by atoms with van der Waals surface area (Å²) in [5, 5.41) is 8.72. The first-order chi connectivity index (χ1) is 51.5. The highest BCUT2D eigenvalue weighted by atomic mass is 32.1. The van der Waals surface area contributed by atoms with Gasteiger partial charge in [-0.05, 0) is 104 Å². The topological polar surface area (TPSA) is 0 Å². The standard InChI is InChI=1S/C101H176S2Si/c1-6-10-14-18-22-26-30-34-38-42-46-50-54-58-62-66-70-74-78-92-85-98(102-89-92)93-79-81-96-97-82-80-94(99-86-95(90-103-99)91(5)77-73-69-65-61-57-53-49-45-41-37-33-29-25-21-17-13-9-4)88-101(97)104(100(96)87-93,83-75-71-67-63-59-55-51-47-43-39-35-31-27-23-19-15-11-7-2)84-76-72-68-64-60-56-52-48-44-40-36-32-28-24-20-16-12-8-3/h79-82,85-91H,6-78,83-84H2,1-5H3. The maximum Gasteiger partial charge on any atom is 0.119 e. The van der Waals surface area contributed by atoms with Crippen molar-refractivity contribution in [3.05, 3.63) is 70.4 Å². The number of unbranched alkanes of at least 4 members (excludes halogenated alkanes) is 67. The molecule has 104 heavy (non-hydrogen) atoms. The van der Waals surface area contributed by atoms with Crippen molar-refractivity contribution in [2.45, 2.75) is 521 Å². The Hall–Kier alpha value is -1.94. The predicted octanol–water partition coefficient (Wildman–Crippen LogP) is 36.5. The Balaban J connectivity index is 1.19. The second-order valence-corrected chi connectivity index (χ2v) is 40.9. The van der Waals surface area contributed by atoms with Crippen molar-refractivity contribution in [3.8, 4) is 32.0 Å². The number of fused-ring (bicyclic) bond motifs is 3. The molecule has 0 fully saturated rings. The minimum atomic E-state index is -2.13. The Morgan fingerprint density at radius 1 is 0.250 bits per heavy atom. The quantitative estimate of drug-likeness (QED) is 0.0305. The van der Waals surface area contributed by atoms with E-state index in [2.05, 4.69) is 93.9 Å². The summed E-state index contributed by atoms with van der Waals surface area (Å²) in [7, 11) is -2.13. The lowest BCUT2D eigenvalue weighted by atomic mass is 9.95. The summed E-state index contributed by atoms with van der Waals surface area (Å²) < 4.78 is 0. The van der Waals surface area contributed by atoms with E-state index < -0.39 is 8.07 Å². The Labute approximate surface area is 660 Å². The molecule has 2 aromatic heterocycles. The van der Waals surface area contributed by atoms with E-state index in [0.29, 0.717) is 5.92 Å². The summed E-state index contributed by atoms with van der Waals surface area (Å²) in [5.74, 6) is 0.636. The third-order valence-electron chi connectivity index (χ3n) is 25.2. The molecule has 1 atom stereocenters. The van der Waals surface area contributed by atoms with Crippen molar-refractivity contribution in [1.82, 2.24) is 0 Å². The highest BCUT2D eigenvalue weighted by Gasteiger charge is 2.45. The molecule has 0 spiro atoms. The average molecular weight is 1480 g/mol. The van der Waals surface area contributed by atoms with Gasteiger partial charge in [0.05, 0.1) is 0 Å². The van der Waals surface area contributed by atoms with E-state index in [1.807, 2.05) is 33.0 Å². The molecule has 0 nitrogen and oxygen atoms in total.